The molecule has 0 aliphatic heterocycles. The molecule has 2 aromatic rings. The molecule has 0 unspecified atom stereocenters. The average molecular weight is 220 g/mol. The predicted molar refractivity (Wildman–Crippen MR) is 62.4 cm³/mol. The van der Waals surface area contributed by atoms with Gasteiger partial charge in [-0.1, -0.05) is 13.8 Å². The van der Waals surface area contributed by atoms with Crippen molar-refractivity contribution in [3.8, 4) is 11.5 Å². The molecule has 2 heterocycles. The van der Waals surface area contributed by atoms with E-state index < -0.39 is 0 Å². The summed E-state index contributed by atoms with van der Waals surface area (Å²) >= 11 is 0. The zero-order valence-electron chi connectivity index (χ0n) is 10.0. The lowest BCUT2D eigenvalue weighted by Crippen LogP contribution is -1.98. The van der Waals surface area contributed by atoms with Crippen molar-refractivity contribution in [1.29, 1.82) is 0 Å². The van der Waals surface area contributed by atoms with Crippen molar-refractivity contribution in [3.63, 3.8) is 0 Å². The van der Waals surface area contributed by atoms with Gasteiger partial charge in [0.1, 0.15) is 5.65 Å². The number of rotatable bonds is 3. The summed E-state index contributed by atoms with van der Waals surface area (Å²) < 4.78 is 12.5. The van der Waals surface area contributed by atoms with Crippen LogP contribution in [0.25, 0.3) is 5.65 Å². The van der Waals surface area contributed by atoms with E-state index in [1.165, 1.54) is 0 Å². The molecule has 0 bridgehead atoms. The number of nitrogens with zero attached hydrogens (tertiary/aromatic N) is 2. The van der Waals surface area contributed by atoms with Crippen molar-refractivity contribution in [3.05, 3.63) is 24.2 Å². The first-order chi connectivity index (χ1) is 7.67. The molecule has 0 saturated carbocycles. The lowest BCUT2D eigenvalue weighted by Gasteiger charge is -2.10. The van der Waals surface area contributed by atoms with Crippen molar-refractivity contribution in [2.24, 2.45) is 0 Å². The van der Waals surface area contributed by atoms with Gasteiger partial charge in [0.15, 0.2) is 11.5 Å². The van der Waals surface area contributed by atoms with Gasteiger partial charge >= 0.3 is 0 Å². The molecule has 0 aliphatic rings. The minimum absolute atomic E-state index is 0.424. The molecule has 4 heteroatoms. The second kappa shape index (κ2) is 4.04. The van der Waals surface area contributed by atoms with Crippen LogP contribution >= 0.6 is 0 Å². The fourth-order valence-electron chi connectivity index (χ4n) is 1.75. The quantitative estimate of drug-likeness (QED) is 0.797. The Morgan fingerprint density at radius 3 is 2.44 bits per heavy atom. The van der Waals surface area contributed by atoms with Crippen molar-refractivity contribution >= 4 is 5.65 Å². The van der Waals surface area contributed by atoms with Crippen molar-refractivity contribution < 1.29 is 9.47 Å². The lowest BCUT2D eigenvalue weighted by atomic mass is 10.1. The highest BCUT2D eigenvalue weighted by atomic mass is 16.5. The molecular formula is C12H16N2O2. The van der Waals surface area contributed by atoms with E-state index in [0.29, 0.717) is 11.7 Å². The second-order valence-corrected chi connectivity index (χ2v) is 3.98. The lowest BCUT2D eigenvalue weighted by molar-refractivity contribution is 0.353. The summed E-state index contributed by atoms with van der Waals surface area (Å²) in [6, 6.07) is 1.88. The van der Waals surface area contributed by atoms with Gasteiger partial charge in [0.25, 0.3) is 0 Å². The summed E-state index contributed by atoms with van der Waals surface area (Å²) in [7, 11) is 3.26. The Balaban J connectivity index is 2.66. The van der Waals surface area contributed by atoms with E-state index in [4.69, 9.17) is 9.47 Å². The Hall–Kier alpha value is -1.71. The zero-order chi connectivity index (χ0) is 11.7. The first-order valence-corrected chi connectivity index (χ1v) is 5.26. The van der Waals surface area contributed by atoms with Gasteiger partial charge in [-0.15, -0.1) is 0 Å². The number of imidazole rings is 1. The molecule has 0 atom stereocenters. The monoisotopic (exact) mass is 220 g/mol. The first kappa shape index (κ1) is 10.8. The number of hydrogen-bond donors (Lipinski definition) is 0. The smallest absolute Gasteiger partial charge is 0.177 e. The first-order valence-electron chi connectivity index (χ1n) is 5.26. The van der Waals surface area contributed by atoms with Crippen LogP contribution in [0.3, 0.4) is 0 Å². The van der Waals surface area contributed by atoms with Gasteiger partial charge in [-0.2, -0.15) is 0 Å². The molecule has 0 fully saturated rings. The van der Waals surface area contributed by atoms with Gasteiger partial charge in [0.2, 0.25) is 0 Å². The zero-order valence-corrected chi connectivity index (χ0v) is 10.0. The van der Waals surface area contributed by atoms with E-state index in [9.17, 15) is 0 Å². The molecule has 0 saturated heterocycles. The molecule has 0 amide bonds. The summed E-state index contributed by atoms with van der Waals surface area (Å²) in [4.78, 5) is 4.35. The summed E-state index contributed by atoms with van der Waals surface area (Å²) in [6.45, 7) is 4.28. The molecular weight excluding hydrogens is 204 g/mol. The van der Waals surface area contributed by atoms with Crippen LogP contribution in [0.4, 0.5) is 0 Å². The van der Waals surface area contributed by atoms with Crippen LogP contribution in [0.15, 0.2) is 18.5 Å². The fourth-order valence-corrected chi connectivity index (χ4v) is 1.75. The van der Waals surface area contributed by atoms with Gasteiger partial charge in [-0.05, 0) is 5.92 Å². The van der Waals surface area contributed by atoms with Gasteiger partial charge in [-0.3, -0.25) is 4.40 Å². The van der Waals surface area contributed by atoms with Gasteiger partial charge < -0.3 is 9.47 Å². The summed E-state index contributed by atoms with van der Waals surface area (Å²) in [5.41, 5.74) is 2.04. The maximum Gasteiger partial charge on any atom is 0.177 e. The molecule has 2 rings (SSSR count). The van der Waals surface area contributed by atoms with E-state index in [2.05, 4.69) is 18.8 Å². The number of methoxy groups -OCH3 is 2. The number of aromatic nitrogens is 2. The van der Waals surface area contributed by atoms with Crippen LogP contribution in [0.5, 0.6) is 11.5 Å². The molecule has 2 aromatic heterocycles. The third kappa shape index (κ3) is 1.60. The normalized spacial score (nSPS) is 11.1. The summed E-state index contributed by atoms with van der Waals surface area (Å²) in [5.74, 6) is 1.85. The minimum Gasteiger partial charge on any atom is -0.493 e. The summed E-state index contributed by atoms with van der Waals surface area (Å²) in [6.07, 6.45) is 3.80. The molecule has 0 N–H and O–H groups in total. The topological polar surface area (TPSA) is 35.8 Å². The van der Waals surface area contributed by atoms with Crippen LogP contribution in [-0.2, 0) is 0 Å². The van der Waals surface area contributed by atoms with Crippen molar-refractivity contribution in [2.45, 2.75) is 19.8 Å². The Morgan fingerprint density at radius 2 is 1.88 bits per heavy atom. The fraction of sp³-hybridized carbons (Fsp3) is 0.417. The molecule has 86 valence electrons. The molecule has 0 aromatic carbocycles. The number of pyridine rings is 1. The standard InChI is InChI=1S/C12H16N2O2/c1-8(2)9-6-13-12-5-10(15-3)11(16-4)7-14(9)12/h5-8H,1-4H3. The Kier molecular flexibility index (Phi) is 2.73. The van der Waals surface area contributed by atoms with Gasteiger partial charge in [0.05, 0.1) is 20.4 Å². The third-order valence-electron chi connectivity index (χ3n) is 2.63. The Morgan fingerprint density at radius 1 is 1.19 bits per heavy atom. The number of ether oxygens (including phenoxy) is 2. The Bertz CT molecular complexity index is 503. The largest absolute Gasteiger partial charge is 0.493 e. The van der Waals surface area contributed by atoms with E-state index >= 15 is 0 Å². The molecule has 0 aliphatic carbocycles. The Labute approximate surface area is 94.8 Å². The van der Waals surface area contributed by atoms with Crippen LogP contribution in [0, 0.1) is 0 Å². The van der Waals surface area contributed by atoms with Crippen LogP contribution in [0.1, 0.15) is 25.5 Å². The highest BCUT2D eigenvalue weighted by Crippen LogP contribution is 2.29. The highest BCUT2D eigenvalue weighted by Gasteiger charge is 2.11. The molecule has 0 spiro atoms. The maximum absolute atomic E-state index is 5.27. The van der Waals surface area contributed by atoms with Crippen LogP contribution in [0.2, 0.25) is 0 Å². The van der Waals surface area contributed by atoms with E-state index in [1.54, 1.807) is 14.2 Å². The molecule has 0 radical (unpaired) electrons. The molecule has 16 heavy (non-hydrogen) atoms. The molecule has 4 nitrogen and oxygen atoms in total. The van der Waals surface area contributed by atoms with Crippen LogP contribution in [-0.4, -0.2) is 23.6 Å². The summed E-state index contributed by atoms with van der Waals surface area (Å²) in [5, 5.41) is 0. The predicted octanol–water partition coefficient (Wildman–Crippen LogP) is 2.47. The van der Waals surface area contributed by atoms with Crippen LogP contribution < -0.4 is 9.47 Å². The SMILES string of the molecule is COc1cc2ncc(C(C)C)n2cc1OC. The average Bonchev–Trinajstić information content (AvgIpc) is 2.69. The van der Waals surface area contributed by atoms with E-state index in [0.717, 1.165) is 17.1 Å². The van der Waals surface area contributed by atoms with Gasteiger partial charge in [-0.25, -0.2) is 4.98 Å². The van der Waals surface area contributed by atoms with Gasteiger partial charge in [0, 0.05) is 18.0 Å². The third-order valence-corrected chi connectivity index (χ3v) is 2.63. The van der Waals surface area contributed by atoms with E-state index in [-0.39, 0.29) is 0 Å². The number of hydrogen-bond acceptors (Lipinski definition) is 3. The number of fused-ring (bicyclic) bond motifs is 1. The minimum atomic E-state index is 0.424. The van der Waals surface area contributed by atoms with Crippen molar-refractivity contribution in [1.82, 2.24) is 9.38 Å². The maximum atomic E-state index is 5.27. The van der Waals surface area contributed by atoms with Crippen molar-refractivity contribution in [2.75, 3.05) is 14.2 Å². The second-order valence-electron chi connectivity index (χ2n) is 3.98. The highest BCUT2D eigenvalue weighted by molar-refractivity contribution is 5.52. The van der Waals surface area contributed by atoms with E-state index in [1.807, 2.05) is 22.9 Å².